The monoisotopic (exact) mass is 460 g/mol. The number of amides is 2. The summed E-state index contributed by atoms with van der Waals surface area (Å²) in [6.07, 6.45) is 0.480. The molecule has 0 radical (unpaired) electrons. The molecular formula is C25H33ClN2O4. The van der Waals surface area contributed by atoms with Gasteiger partial charge in [-0.05, 0) is 75.1 Å². The predicted molar refractivity (Wildman–Crippen MR) is 127 cm³/mol. The lowest BCUT2D eigenvalue weighted by molar-refractivity contribution is -0.143. The maximum atomic E-state index is 13.3. The van der Waals surface area contributed by atoms with Crippen molar-refractivity contribution in [2.75, 3.05) is 13.7 Å². The summed E-state index contributed by atoms with van der Waals surface area (Å²) in [5.74, 6) is 0.803. The number of carbonyl (C=O) groups excluding carboxylic acids is 2. The van der Waals surface area contributed by atoms with Gasteiger partial charge in [-0.3, -0.25) is 9.59 Å². The zero-order chi connectivity index (χ0) is 23.8. The molecule has 6 nitrogen and oxygen atoms in total. The number of nitrogens with one attached hydrogen (secondary N) is 1. The fourth-order valence-electron chi connectivity index (χ4n) is 3.49. The van der Waals surface area contributed by atoms with Crippen molar-refractivity contribution in [3.05, 3.63) is 58.1 Å². The van der Waals surface area contributed by atoms with Crippen LogP contribution >= 0.6 is 11.6 Å². The van der Waals surface area contributed by atoms with Gasteiger partial charge in [0.15, 0.2) is 6.61 Å². The minimum atomic E-state index is -0.617. The number of hydrogen-bond acceptors (Lipinski definition) is 4. The van der Waals surface area contributed by atoms with Crippen LogP contribution in [0.2, 0.25) is 5.02 Å². The zero-order valence-electron chi connectivity index (χ0n) is 19.7. The lowest BCUT2D eigenvalue weighted by atomic mass is 10.1. The van der Waals surface area contributed by atoms with Crippen LogP contribution in [0.15, 0.2) is 36.4 Å². The van der Waals surface area contributed by atoms with E-state index in [1.54, 1.807) is 24.1 Å². The van der Waals surface area contributed by atoms with E-state index in [2.05, 4.69) is 5.32 Å². The van der Waals surface area contributed by atoms with E-state index < -0.39 is 6.04 Å². The van der Waals surface area contributed by atoms with E-state index in [1.165, 1.54) is 0 Å². The fourth-order valence-corrected chi connectivity index (χ4v) is 3.59. The van der Waals surface area contributed by atoms with Gasteiger partial charge in [0.1, 0.15) is 17.5 Å². The summed E-state index contributed by atoms with van der Waals surface area (Å²) in [6.45, 7) is 9.55. The van der Waals surface area contributed by atoms with Crippen LogP contribution in [0.5, 0.6) is 11.5 Å². The van der Waals surface area contributed by atoms with Crippen molar-refractivity contribution in [1.82, 2.24) is 10.2 Å². The van der Waals surface area contributed by atoms with Gasteiger partial charge in [-0.2, -0.15) is 0 Å². The lowest BCUT2D eigenvalue weighted by Crippen LogP contribution is -2.51. The molecule has 0 saturated heterocycles. The summed E-state index contributed by atoms with van der Waals surface area (Å²) >= 11 is 6.23. The number of rotatable bonds is 10. The van der Waals surface area contributed by atoms with Gasteiger partial charge in [0.05, 0.1) is 7.11 Å². The summed E-state index contributed by atoms with van der Waals surface area (Å²) in [6, 6.07) is 10.4. The molecule has 2 aromatic carbocycles. The summed E-state index contributed by atoms with van der Waals surface area (Å²) in [5, 5.41) is 3.60. The van der Waals surface area contributed by atoms with Crippen molar-refractivity contribution >= 4 is 23.4 Å². The molecule has 1 atom stereocenters. The van der Waals surface area contributed by atoms with Crippen molar-refractivity contribution in [1.29, 1.82) is 0 Å². The highest BCUT2D eigenvalue weighted by molar-refractivity contribution is 6.32. The highest BCUT2D eigenvalue weighted by Crippen LogP contribution is 2.26. The second-order valence-corrected chi connectivity index (χ2v) is 8.50. The van der Waals surface area contributed by atoms with Crippen LogP contribution < -0.4 is 14.8 Å². The SMILES string of the molecule is CCC(C(=O)NC(C)C)N(Cc1cccc(OC)c1)C(=O)COc1cc(C)c(Cl)c(C)c1. The highest BCUT2D eigenvalue weighted by atomic mass is 35.5. The van der Waals surface area contributed by atoms with Crippen molar-refractivity contribution in [2.24, 2.45) is 0 Å². The summed E-state index contributed by atoms with van der Waals surface area (Å²) in [7, 11) is 1.59. The van der Waals surface area contributed by atoms with Gasteiger partial charge in [0.25, 0.3) is 5.91 Å². The van der Waals surface area contributed by atoms with Crippen LogP contribution in [0.1, 0.15) is 43.9 Å². The first kappa shape index (κ1) is 25.5. The Kier molecular flexibility index (Phi) is 9.39. The van der Waals surface area contributed by atoms with E-state index in [-0.39, 0.29) is 31.0 Å². The molecule has 2 rings (SSSR count). The quantitative estimate of drug-likeness (QED) is 0.559. The van der Waals surface area contributed by atoms with Crippen LogP contribution in [0, 0.1) is 13.8 Å². The number of methoxy groups -OCH3 is 1. The minimum Gasteiger partial charge on any atom is -0.497 e. The molecule has 1 N–H and O–H groups in total. The Morgan fingerprint density at radius 3 is 2.31 bits per heavy atom. The average molecular weight is 461 g/mol. The Hall–Kier alpha value is -2.73. The fraction of sp³-hybridized carbons (Fsp3) is 0.440. The van der Waals surface area contributed by atoms with Gasteiger partial charge in [-0.15, -0.1) is 0 Å². The maximum absolute atomic E-state index is 13.3. The molecular weight excluding hydrogens is 428 g/mol. The van der Waals surface area contributed by atoms with E-state index in [4.69, 9.17) is 21.1 Å². The molecule has 0 fully saturated rings. The Labute approximate surface area is 195 Å². The summed E-state index contributed by atoms with van der Waals surface area (Å²) in [4.78, 5) is 27.7. The third-order valence-corrected chi connectivity index (χ3v) is 5.67. The van der Waals surface area contributed by atoms with Gasteiger partial charge in [-0.25, -0.2) is 0 Å². The molecule has 1 unspecified atom stereocenters. The Morgan fingerprint density at radius 2 is 1.75 bits per heavy atom. The maximum Gasteiger partial charge on any atom is 0.261 e. The molecule has 2 aromatic rings. The van der Waals surface area contributed by atoms with Crippen LogP contribution in [-0.2, 0) is 16.1 Å². The van der Waals surface area contributed by atoms with Crippen molar-refractivity contribution in [3.8, 4) is 11.5 Å². The molecule has 0 aliphatic heterocycles. The van der Waals surface area contributed by atoms with Crippen LogP contribution in [-0.4, -0.2) is 42.5 Å². The molecule has 32 heavy (non-hydrogen) atoms. The topological polar surface area (TPSA) is 67.9 Å². The van der Waals surface area contributed by atoms with E-state index in [1.807, 2.05) is 58.9 Å². The van der Waals surface area contributed by atoms with E-state index in [0.717, 1.165) is 16.7 Å². The Balaban J connectivity index is 2.27. The smallest absolute Gasteiger partial charge is 0.261 e. The van der Waals surface area contributed by atoms with E-state index >= 15 is 0 Å². The second-order valence-electron chi connectivity index (χ2n) is 8.12. The van der Waals surface area contributed by atoms with Crippen LogP contribution in [0.4, 0.5) is 0 Å². The zero-order valence-corrected chi connectivity index (χ0v) is 20.5. The third kappa shape index (κ3) is 6.89. The molecule has 0 bridgehead atoms. The van der Waals surface area contributed by atoms with Gasteiger partial charge in [-0.1, -0.05) is 30.7 Å². The van der Waals surface area contributed by atoms with Crippen molar-refractivity contribution < 1.29 is 19.1 Å². The molecule has 174 valence electrons. The van der Waals surface area contributed by atoms with E-state index in [9.17, 15) is 9.59 Å². The number of nitrogens with zero attached hydrogens (tertiary/aromatic N) is 1. The third-order valence-electron chi connectivity index (χ3n) is 5.08. The molecule has 7 heteroatoms. The standard InChI is InChI=1S/C25H33ClN2O4/c1-7-22(25(30)27-16(2)3)28(14-19-9-8-10-20(13-19)31-6)23(29)15-32-21-11-17(4)24(26)18(5)12-21/h8-13,16,22H,7,14-15H2,1-6H3,(H,27,30). The molecule has 0 aliphatic carbocycles. The van der Waals surface area contributed by atoms with Gasteiger partial charge in [0.2, 0.25) is 5.91 Å². The molecule has 0 saturated carbocycles. The molecule has 0 heterocycles. The van der Waals surface area contributed by atoms with E-state index in [0.29, 0.717) is 22.9 Å². The Bertz CT molecular complexity index is 922. The first-order chi connectivity index (χ1) is 15.2. The highest BCUT2D eigenvalue weighted by Gasteiger charge is 2.29. The van der Waals surface area contributed by atoms with Gasteiger partial charge in [0, 0.05) is 17.6 Å². The number of ether oxygens (including phenoxy) is 2. The van der Waals surface area contributed by atoms with Gasteiger partial charge >= 0.3 is 0 Å². The molecule has 0 spiro atoms. The largest absolute Gasteiger partial charge is 0.497 e. The van der Waals surface area contributed by atoms with Crippen molar-refractivity contribution in [2.45, 2.75) is 59.7 Å². The summed E-state index contributed by atoms with van der Waals surface area (Å²) in [5.41, 5.74) is 2.63. The first-order valence-corrected chi connectivity index (χ1v) is 11.2. The molecule has 0 aliphatic rings. The average Bonchev–Trinajstić information content (AvgIpc) is 2.75. The summed E-state index contributed by atoms with van der Waals surface area (Å²) < 4.78 is 11.1. The van der Waals surface area contributed by atoms with Crippen LogP contribution in [0.25, 0.3) is 0 Å². The number of benzene rings is 2. The van der Waals surface area contributed by atoms with Gasteiger partial charge < -0.3 is 19.7 Å². The second kappa shape index (κ2) is 11.8. The molecule has 0 aromatic heterocycles. The van der Waals surface area contributed by atoms with Crippen LogP contribution in [0.3, 0.4) is 0 Å². The molecule has 2 amide bonds. The number of aryl methyl sites for hydroxylation is 2. The predicted octanol–water partition coefficient (Wildman–Crippen LogP) is 4.68. The normalized spacial score (nSPS) is 11.8. The first-order valence-electron chi connectivity index (χ1n) is 10.8. The number of halogens is 1. The number of carbonyl (C=O) groups is 2. The minimum absolute atomic E-state index is 0.0263. The Morgan fingerprint density at radius 1 is 1.09 bits per heavy atom. The lowest BCUT2D eigenvalue weighted by Gasteiger charge is -2.31. The number of hydrogen-bond donors (Lipinski definition) is 1. The van der Waals surface area contributed by atoms with Crippen molar-refractivity contribution in [3.63, 3.8) is 0 Å².